The monoisotopic (exact) mass is 272 g/mol. The number of carbonyl (C=O) groups excluding carboxylic acids is 1. The number of Topliss-reactive ketones (excluding diaryl/α,β-unsaturated/α-hetero) is 1. The van der Waals surface area contributed by atoms with Gasteiger partial charge in [-0.2, -0.15) is 0 Å². The van der Waals surface area contributed by atoms with E-state index in [1.54, 1.807) is 12.1 Å². The first-order valence-corrected chi connectivity index (χ1v) is 5.58. The van der Waals surface area contributed by atoms with E-state index in [1.807, 2.05) is 20.8 Å². The van der Waals surface area contributed by atoms with Crippen molar-refractivity contribution in [2.45, 2.75) is 27.2 Å². The van der Waals surface area contributed by atoms with E-state index in [4.69, 9.17) is 0 Å². The molecule has 0 atom stereocenters. The molecule has 0 heterocycles. The van der Waals surface area contributed by atoms with Gasteiger partial charge < -0.3 is 0 Å². The molecule has 0 aliphatic carbocycles. The van der Waals surface area contributed by atoms with E-state index in [0.717, 1.165) is 0 Å². The van der Waals surface area contributed by atoms with Gasteiger partial charge in [0.2, 0.25) is 0 Å². The van der Waals surface area contributed by atoms with Crippen LogP contribution in [0.4, 0.5) is 4.39 Å². The van der Waals surface area contributed by atoms with Crippen LogP contribution in [0, 0.1) is 11.2 Å². The third-order valence-corrected chi connectivity index (χ3v) is 3.11. The lowest BCUT2D eigenvalue weighted by Gasteiger charge is -2.16. The van der Waals surface area contributed by atoms with Crippen LogP contribution in [0.2, 0.25) is 0 Å². The van der Waals surface area contributed by atoms with E-state index >= 15 is 0 Å². The van der Waals surface area contributed by atoms with Gasteiger partial charge in [0.05, 0.1) is 4.47 Å². The normalized spacial score (nSPS) is 11.5. The number of carbonyl (C=O) groups is 1. The summed E-state index contributed by atoms with van der Waals surface area (Å²) in [5, 5.41) is 0. The molecular formula is C12H14BrFO. The summed E-state index contributed by atoms with van der Waals surface area (Å²) in [4.78, 5) is 11.8. The van der Waals surface area contributed by atoms with Gasteiger partial charge in [0, 0.05) is 11.8 Å². The lowest BCUT2D eigenvalue weighted by molar-refractivity contribution is -0.125. The van der Waals surface area contributed by atoms with Crippen LogP contribution in [0.5, 0.6) is 0 Å². The molecule has 0 unspecified atom stereocenters. The molecule has 0 saturated carbocycles. The minimum absolute atomic E-state index is 0.105. The molecule has 15 heavy (non-hydrogen) atoms. The van der Waals surface area contributed by atoms with Gasteiger partial charge in [0.25, 0.3) is 0 Å². The third-order valence-electron chi connectivity index (χ3n) is 2.22. The van der Waals surface area contributed by atoms with Gasteiger partial charge in [-0.3, -0.25) is 4.79 Å². The summed E-state index contributed by atoms with van der Waals surface area (Å²) >= 11 is 3.15. The van der Waals surface area contributed by atoms with E-state index in [-0.39, 0.29) is 23.4 Å². The summed E-state index contributed by atoms with van der Waals surface area (Å²) in [6.45, 7) is 5.59. The minimum Gasteiger partial charge on any atom is -0.299 e. The number of halogens is 2. The van der Waals surface area contributed by atoms with Crippen LogP contribution < -0.4 is 0 Å². The summed E-state index contributed by atoms with van der Waals surface area (Å²) in [5.41, 5.74) is 0.320. The molecule has 0 spiro atoms. The largest absolute Gasteiger partial charge is 0.299 e. The molecule has 0 aliphatic rings. The van der Waals surface area contributed by atoms with Crippen molar-refractivity contribution >= 4 is 21.7 Å². The van der Waals surface area contributed by atoms with Crippen molar-refractivity contribution in [3.63, 3.8) is 0 Å². The SMILES string of the molecule is CC(C)(C)C(=O)Cc1cccc(F)c1Br. The Morgan fingerprint density at radius 3 is 2.53 bits per heavy atom. The fourth-order valence-electron chi connectivity index (χ4n) is 1.12. The number of hydrogen-bond acceptors (Lipinski definition) is 1. The minimum atomic E-state index is -0.383. The summed E-state index contributed by atoms with van der Waals surface area (Å²) in [6, 6.07) is 4.75. The van der Waals surface area contributed by atoms with Gasteiger partial charge >= 0.3 is 0 Å². The van der Waals surface area contributed by atoms with Crippen molar-refractivity contribution in [3.8, 4) is 0 Å². The van der Waals surface area contributed by atoms with Crippen LogP contribution in [0.25, 0.3) is 0 Å². The second-order valence-corrected chi connectivity index (χ2v) is 5.36. The van der Waals surface area contributed by atoms with Gasteiger partial charge in [0.15, 0.2) is 0 Å². The molecule has 0 saturated heterocycles. The fourth-order valence-corrected chi connectivity index (χ4v) is 1.53. The molecule has 0 aromatic heterocycles. The molecule has 0 bridgehead atoms. The van der Waals surface area contributed by atoms with E-state index < -0.39 is 0 Å². The Balaban J connectivity index is 2.91. The molecule has 0 fully saturated rings. The zero-order valence-corrected chi connectivity index (χ0v) is 10.7. The average molecular weight is 273 g/mol. The maximum atomic E-state index is 13.2. The number of hydrogen-bond donors (Lipinski definition) is 0. The van der Waals surface area contributed by atoms with Gasteiger partial charge in [-0.05, 0) is 27.6 Å². The molecular weight excluding hydrogens is 259 g/mol. The Labute approximate surface area is 97.8 Å². The number of rotatable bonds is 2. The average Bonchev–Trinajstić information content (AvgIpc) is 2.11. The van der Waals surface area contributed by atoms with Gasteiger partial charge in [-0.15, -0.1) is 0 Å². The van der Waals surface area contributed by atoms with Crippen molar-refractivity contribution in [1.82, 2.24) is 0 Å². The van der Waals surface area contributed by atoms with E-state index in [2.05, 4.69) is 15.9 Å². The van der Waals surface area contributed by atoms with Crippen LogP contribution in [0.15, 0.2) is 22.7 Å². The summed E-state index contributed by atoms with van der Waals surface area (Å²) in [5.74, 6) is -0.219. The highest BCUT2D eigenvalue weighted by molar-refractivity contribution is 9.10. The lowest BCUT2D eigenvalue weighted by atomic mass is 9.87. The predicted molar refractivity (Wildman–Crippen MR) is 62.3 cm³/mol. The van der Waals surface area contributed by atoms with Crippen molar-refractivity contribution in [2.75, 3.05) is 0 Å². The first kappa shape index (κ1) is 12.4. The maximum Gasteiger partial charge on any atom is 0.142 e. The zero-order valence-electron chi connectivity index (χ0n) is 9.10. The van der Waals surface area contributed by atoms with Gasteiger partial charge in [0.1, 0.15) is 11.6 Å². The molecule has 0 N–H and O–H groups in total. The topological polar surface area (TPSA) is 17.1 Å². The second kappa shape index (κ2) is 4.44. The molecule has 0 radical (unpaired) electrons. The summed E-state index contributed by atoms with van der Waals surface area (Å²) in [7, 11) is 0. The fraction of sp³-hybridized carbons (Fsp3) is 0.417. The Morgan fingerprint density at radius 1 is 1.40 bits per heavy atom. The first-order valence-electron chi connectivity index (χ1n) is 4.78. The van der Waals surface area contributed by atoms with E-state index in [9.17, 15) is 9.18 Å². The Hall–Kier alpha value is -0.700. The molecule has 1 nitrogen and oxygen atoms in total. The molecule has 0 amide bonds. The van der Waals surface area contributed by atoms with E-state index in [1.165, 1.54) is 6.07 Å². The number of benzene rings is 1. The predicted octanol–water partition coefficient (Wildman–Crippen LogP) is 3.75. The van der Waals surface area contributed by atoms with Gasteiger partial charge in [-0.25, -0.2) is 4.39 Å². The standard InChI is InChI=1S/C12H14BrFO/c1-12(2,3)10(15)7-8-5-4-6-9(14)11(8)13/h4-6H,7H2,1-3H3. The first-order chi connectivity index (χ1) is 6.82. The molecule has 1 aromatic rings. The van der Waals surface area contributed by atoms with Crippen LogP contribution in [-0.4, -0.2) is 5.78 Å². The van der Waals surface area contributed by atoms with E-state index in [0.29, 0.717) is 10.0 Å². The van der Waals surface area contributed by atoms with Crippen molar-refractivity contribution in [1.29, 1.82) is 0 Å². The lowest BCUT2D eigenvalue weighted by Crippen LogP contribution is -2.22. The Morgan fingerprint density at radius 2 is 2.00 bits per heavy atom. The molecule has 1 rings (SSSR count). The van der Waals surface area contributed by atoms with Crippen LogP contribution in [-0.2, 0) is 11.2 Å². The van der Waals surface area contributed by atoms with Crippen LogP contribution in [0.1, 0.15) is 26.3 Å². The second-order valence-electron chi connectivity index (χ2n) is 4.56. The molecule has 1 aromatic carbocycles. The van der Waals surface area contributed by atoms with Crippen molar-refractivity contribution in [3.05, 3.63) is 34.1 Å². The smallest absolute Gasteiger partial charge is 0.142 e. The summed E-state index contributed by atoms with van der Waals surface area (Å²) in [6.07, 6.45) is 0.266. The highest BCUT2D eigenvalue weighted by Crippen LogP contribution is 2.24. The van der Waals surface area contributed by atoms with Crippen LogP contribution in [0.3, 0.4) is 0 Å². The highest BCUT2D eigenvalue weighted by atomic mass is 79.9. The molecule has 0 aliphatic heterocycles. The zero-order chi connectivity index (χ0) is 11.6. The van der Waals surface area contributed by atoms with Crippen molar-refractivity contribution in [2.24, 2.45) is 5.41 Å². The number of ketones is 1. The molecule has 3 heteroatoms. The summed E-state index contributed by atoms with van der Waals surface area (Å²) < 4.78 is 13.6. The Kier molecular flexibility index (Phi) is 3.66. The maximum absolute atomic E-state index is 13.2. The van der Waals surface area contributed by atoms with Crippen molar-refractivity contribution < 1.29 is 9.18 Å². The third kappa shape index (κ3) is 3.13. The Bertz CT molecular complexity index is 380. The van der Waals surface area contributed by atoms with Gasteiger partial charge in [-0.1, -0.05) is 32.9 Å². The molecule has 82 valence electrons. The highest BCUT2D eigenvalue weighted by Gasteiger charge is 2.22. The quantitative estimate of drug-likeness (QED) is 0.802. The van der Waals surface area contributed by atoms with Crippen LogP contribution >= 0.6 is 15.9 Å².